The molecule has 2 rings (SSSR count). The molecule has 2 aromatic rings. The second kappa shape index (κ2) is 4.18. The standard InChI is InChI=1S/C9H11N3S2/c1-6-2-7(3-14-6)9(12-10)8-4-13-5-11-8/h2-5,9,12H,10H2,1H3. The number of nitrogens with one attached hydrogen (secondary N) is 1. The predicted octanol–water partition coefficient (Wildman–Crippen LogP) is 2.07. The van der Waals surface area contributed by atoms with Crippen molar-refractivity contribution in [2.75, 3.05) is 0 Å². The Morgan fingerprint density at radius 2 is 2.36 bits per heavy atom. The summed E-state index contributed by atoms with van der Waals surface area (Å²) in [5.41, 5.74) is 6.77. The first-order valence-electron chi connectivity index (χ1n) is 4.20. The Labute approximate surface area is 90.6 Å². The summed E-state index contributed by atoms with van der Waals surface area (Å²) in [6.07, 6.45) is 0. The topological polar surface area (TPSA) is 50.9 Å². The molecular weight excluding hydrogens is 214 g/mol. The molecule has 0 aliphatic rings. The number of aryl methyl sites for hydroxylation is 1. The van der Waals surface area contributed by atoms with Crippen LogP contribution < -0.4 is 11.3 Å². The Kier molecular flexibility index (Phi) is 2.93. The molecule has 0 amide bonds. The van der Waals surface area contributed by atoms with E-state index in [9.17, 15) is 0 Å². The Hall–Kier alpha value is -0.750. The highest BCUT2D eigenvalue weighted by Crippen LogP contribution is 2.25. The van der Waals surface area contributed by atoms with Crippen LogP contribution in [0.1, 0.15) is 22.2 Å². The van der Waals surface area contributed by atoms with E-state index in [-0.39, 0.29) is 6.04 Å². The average Bonchev–Trinajstić information content (AvgIpc) is 2.79. The summed E-state index contributed by atoms with van der Waals surface area (Å²) in [4.78, 5) is 5.54. The van der Waals surface area contributed by atoms with Gasteiger partial charge in [0.15, 0.2) is 0 Å². The maximum Gasteiger partial charge on any atom is 0.0898 e. The lowest BCUT2D eigenvalue weighted by Gasteiger charge is -2.11. The molecule has 0 saturated carbocycles. The third-order valence-electron chi connectivity index (χ3n) is 2.00. The third kappa shape index (κ3) is 1.85. The minimum Gasteiger partial charge on any atom is -0.271 e. The molecule has 5 heteroatoms. The highest BCUT2D eigenvalue weighted by Gasteiger charge is 2.14. The van der Waals surface area contributed by atoms with E-state index in [1.165, 1.54) is 10.4 Å². The maximum absolute atomic E-state index is 5.52. The van der Waals surface area contributed by atoms with E-state index < -0.39 is 0 Å². The van der Waals surface area contributed by atoms with Crippen LogP contribution in [0, 0.1) is 6.92 Å². The zero-order valence-electron chi connectivity index (χ0n) is 7.73. The highest BCUT2D eigenvalue weighted by atomic mass is 32.1. The number of hydrogen-bond acceptors (Lipinski definition) is 5. The largest absolute Gasteiger partial charge is 0.271 e. The van der Waals surface area contributed by atoms with Crippen LogP contribution in [0.5, 0.6) is 0 Å². The van der Waals surface area contributed by atoms with E-state index in [2.05, 4.69) is 28.8 Å². The van der Waals surface area contributed by atoms with Gasteiger partial charge >= 0.3 is 0 Å². The molecule has 1 unspecified atom stereocenters. The third-order valence-corrected chi connectivity index (χ3v) is 3.48. The lowest BCUT2D eigenvalue weighted by molar-refractivity contribution is 0.626. The van der Waals surface area contributed by atoms with Crippen LogP contribution >= 0.6 is 22.7 Å². The number of thiazole rings is 1. The van der Waals surface area contributed by atoms with Gasteiger partial charge in [0.1, 0.15) is 0 Å². The molecule has 0 radical (unpaired) electrons. The van der Waals surface area contributed by atoms with Crippen LogP contribution in [-0.2, 0) is 0 Å². The van der Waals surface area contributed by atoms with Crippen molar-refractivity contribution in [3.05, 3.63) is 38.5 Å². The quantitative estimate of drug-likeness (QED) is 0.621. The Balaban J connectivity index is 2.31. The molecule has 0 saturated heterocycles. The van der Waals surface area contributed by atoms with E-state index in [1.807, 2.05) is 10.9 Å². The fourth-order valence-electron chi connectivity index (χ4n) is 1.33. The summed E-state index contributed by atoms with van der Waals surface area (Å²) in [7, 11) is 0. The van der Waals surface area contributed by atoms with Gasteiger partial charge in [0, 0.05) is 10.3 Å². The zero-order valence-corrected chi connectivity index (χ0v) is 9.36. The first kappa shape index (κ1) is 9.79. The molecule has 3 nitrogen and oxygen atoms in total. The molecule has 14 heavy (non-hydrogen) atoms. The van der Waals surface area contributed by atoms with Crippen LogP contribution in [0.3, 0.4) is 0 Å². The van der Waals surface area contributed by atoms with Crippen LogP contribution in [0.2, 0.25) is 0 Å². The summed E-state index contributed by atoms with van der Waals surface area (Å²) >= 11 is 3.31. The molecule has 0 fully saturated rings. The molecular formula is C9H11N3S2. The van der Waals surface area contributed by atoms with Crippen molar-refractivity contribution in [3.8, 4) is 0 Å². The number of rotatable bonds is 3. The number of thiophene rings is 1. The molecule has 1 atom stereocenters. The maximum atomic E-state index is 5.52. The van der Waals surface area contributed by atoms with E-state index >= 15 is 0 Å². The van der Waals surface area contributed by atoms with Gasteiger partial charge in [-0.15, -0.1) is 22.7 Å². The van der Waals surface area contributed by atoms with Gasteiger partial charge in [-0.25, -0.2) is 10.4 Å². The van der Waals surface area contributed by atoms with Crippen LogP contribution in [0.25, 0.3) is 0 Å². The summed E-state index contributed by atoms with van der Waals surface area (Å²) in [6, 6.07) is 2.15. The second-order valence-corrected chi connectivity index (χ2v) is 4.84. The normalized spacial score (nSPS) is 13.0. The Bertz CT molecular complexity index is 394. The fourth-order valence-corrected chi connectivity index (χ4v) is 2.64. The van der Waals surface area contributed by atoms with Crippen molar-refractivity contribution in [2.45, 2.75) is 13.0 Å². The number of nitrogens with zero attached hydrogens (tertiary/aromatic N) is 1. The van der Waals surface area contributed by atoms with E-state index in [0.29, 0.717) is 0 Å². The first-order chi connectivity index (χ1) is 6.81. The Morgan fingerprint density at radius 3 is 2.86 bits per heavy atom. The average molecular weight is 225 g/mol. The molecule has 74 valence electrons. The minimum atomic E-state index is 0.0196. The molecule has 0 aliphatic carbocycles. The molecule has 2 aromatic heterocycles. The molecule has 0 aromatic carbocycles. The lowest BCUT2D eigenvalue weighted by Crippen LogP contribution is -2.28. The number of nitrogens with two attached hydrogens (primary N) is 1. The van der Waals surface area contributed by atoms with Crippen molar-refractivity contribution < 1.29 is 0 Å². The van der Waals surface area contributed by atoms with Gasteiger partial charge in [0.25, 0.3) is 0 Å². The van der Waals surface area contributed by atoms with Crippen LogP contribution in [-0.4, -0.2) is 4.98 Å². The summed E-state index contributed by atoms with van der Waals surface area (Å²) < 4.78 is 0. The van der Waals surface area contributed by atoms with Crippen LogP contribution in [0.4, 0.5) is 0 Å². The molecule has 3 N–H and O–H groups in total. The monoisotopic (exact) mass is 225 g/mol. The van der Waals surface area contributed by atoms with Gasteiger partial charge in [-0.3, -0.25) is 5.84 Å². The highest BCUT2D eigenvalue weighted by molar-refractivity contribution is 7.10. The molecule has 0 bridgehead atoms. The van der Waals surface area contributed by atoms with Crippen molar-refractivity contribution in [3.63, 3.8) is 0 Å². The number of aromatic nitrogens is 1. The number of hydrogen-bond donors (Lipinski definition) is 2. The fraction of sp³-hybridized carbons (Fsp3) is 0.222. The van der Waals surface area contributed by atoms with Crippen molar-refractivity contribution in [2.24, 2.45) is 5.84 Å². The molecule has 0 aliphatic heterocycles. The van der Waals surface area contributed by atoms with Gasteiger partial charge in [-0.1, -0.05) is 0 Å². The van der Waals surface area contributed by atoms with Gasteiger partial charge in [0.05, 0.1) is 17.2 Å². The molecule has 0 spiro atoms. The predicted molar refractivity (Wildman–Crippen MR) is 60.3 cm³/mol. The lowest BCUT2D eigenvalue weighted by atomic mass is 10.1. The second-order valence-electron chi connectivity index (χ2n) is 3.00. The summed E-state index contributed by atoms with van der Waals surface area (Å²) in [5, 5.41) is 4.12. The van der Waals surface area contributed by atoms with Gasteiger partial charge in [-0.05, 0) is 23.9 Å². The summed E-state index contributed by atoms with van der Waals surface area (Å²) in [5.74, 6) is 5.52. The zero-order chi connectivity index (χ0) is 9.97. The van der Waals surface area contributed by atoms with Gasteiger partial charge in [0.2, 0.25) is 0 Å². The van der Waals surface area contributed by atoms with E-state index in [1.54, 1.807) is 22.7 Å². The van der Waals surface area contributed by atoms with E-state index in [4.69, 9.17) is 5.84 Å². The van der Waals surface area contributed by atoms with Crippen molar-refractivity contribution >= 4 is 22.7 Å². The first-order valence-corrected chi connectivity index (χ1v) is 6.02. The van der Waals surface area contributed by atoms with Crippen LogP contribution in [0.15, 0.2) is 22.3 Å². The van der Waals surface area contributed by atoms with E-state index in [0.717, 1.165) is 5.69 Å². The minimum absolute atomic E-state index is 0.0196. The van der Waals surface area contributed by atoms with Crippen molar-refractivity contribution in [1.82, 2.24) is 10.4 Å². The smallest absolute Gasteiger partial charge is 0.0898 e. The van der Waals surface area contributed by atoms with Gasteiger partial charge < -0.3 is 0 Å². The van der Waals surface area contributed by atoms with Crippen molar-refractivity contribution in [1.29, 1.82) is 0 Å². The van der Waals surface area contributed by atoms with Gasteiger partial charge in [-0.2, -0.15) is 0 Å². The Morgan fingerprint density at radius 1 is 1.50 bits per heavy atom. The molecule has 2 heterocycles. The SMILES string of the molecule is Cc1cc(C(NN)c2cscn2)cs1. The summed E-state index contributed by atoms with van der Waals surface area (Å²) in [6.45, 7) is 2.09. The number of hydrazine groups is 1.